The maximum absolute atomic E-state index is 13.2. The molecule has 1 unspecified atom stereocenters. The van der Waals surface area contributed by atoms with Crippen LogP contribution in [0.1, 0.15) is 40.5 Å². The molecule has 2 heterocycles. The Labute approximate surface area is 181 Å². The molecule has 0 spiro atoms. The quantitative estimate of drug-likeness (QED) is 0.493. The van der Waals surface area contributed by atoms with E-state index in [0.29, 0.717) is 24.5 Å². The van der Waals surface area contributed by atoms with E-state index in [9.17, 15) is 4.79 Å². The summed E-state index contributed by atoms with van der Waals surface area (Å²) in [6.45, 7) is 1.93. The van der Waals surface area contributed by atoms with Gasteiger partial charge in [-0.05, 0) is 48.7 Å². The molecule has 1 aromatic heterocycles. The highest BCUT2D eigenvalue weighted by atomic mass is 16.5. The molecule has 31 heavy (non-hydrogen) atoms. The van der Waals surface area contributed by atoms with E-state index in [4.69, 9.17) is 9.72 Å². The van der Waals surface area contributed by atoms with Gasteiger partial charge in [0.05, 0.1) is 11.0 Å². The molecule has 1 N–H and O–H groups in total. The van der Waals surface area contributed by atoms with E-state index >= 15 is 0 Å². The first-order valence-electron chi connectivity index (χ1n) is 10.8. The number of fused-ring (bicyclic) bond motifs is 1. The van der Waals surface area contributed by atoms with Crippen molar-refractivity contribution in [1.29, 1.82) is 0 Å². The summed E-state index contributed by atoms with van der Waals surface area (Å²) in [6.07, 6.45) is 2.00. The van der Waals surface area contributed by atoms with Crippen LogP contribution in [0.4, 0.5) is 0 Å². The maximum Gasteiger partial charge on any atom is 0.254 e. The van der Waals surface area contributed by atoms with Crippen LogP contribution < -0.4 is 4.74 Å². The van der Waals surface area contributed by atoms with Gasteiger partial charge in [0.15, 0.2) is 0 Å². The monoisotopic (exact) mass is 411 g/mol. The van der Waals surface area contributed by atoms with Gasteiger partial charge < -0.3 is 14.6 Å². The third kappa shape index (κ3) is 4.31. The van der Waals surface area contributed by atoms with Gasteiger partial charge in [-0.2, -0.15) is 0 Å². The number of para-hydroxylation sites is 2. The number of nitrogens with one attached hydrogen (secondary N) is 1. The molecule has 1 atom stereocenters. The maximum atomic E-state index is 13.2. The molecule has 1 aliphatic rings. The van der Waals surface area contributed by atoms with E-state index in [2.05, 4.69) is 4.98 Å². The van der Waals surface area contributed by atoms with Crippen molar-refractivity contribution in [1.82, 2.24) is 14.9 Å². The summed E-state index contributed by atoms with van der Waals surface area (Å²) in [5, 5.41) is 0. The standard InChI is InChI=1S/C26H25N3O2/c30-26(20-10-6-12-22(16-20)31-18-19-8-2-1-3-9-19)29-15-7-11-21(17-29)25-27-23-13-4-5-14-24(23)28-25/h1-6,8-10,12-14,16,21H,7,11,15,17-18H2,(H,27,28). The van der Waals surface area contributed by atoms with E-state index < -0.39 is 0 Å². The van der Waals surface area contributed by atoms with Gasteiger partial charge >= 0.3 is 0 Å². The SMILES string of the molecule is O=C(c1cccc(OCc2ccccc2)c1)N1CCCC(c2nc3ccccc3[nH]2)C1. The first-order chi connectivity index (χ1) is 15.3. The third-order valence-corrected chi connectivity index (χ3v) is 5.83. The Morgan fingerprint density at radius 2 is 1.87 bits per heavy atom. The minimum absolute atomic E-state index is 0.0472. The predicted molar refractivity (Wildman–Crippen MR) is 121 cm³/mol. The van der Waals surface area contributed by atoms with Gasteiger partial charge in [0, 0.05) is 24.6 Å². The third-order valence-electron chi connectivity index (χ3n) is 5.83. The Kier molecular flexibility index (Phi) is 5.40. The van der Waals surface area contributed by atoms with Gasteiger partial charge in [-0.25, -0.2) is 4.98 Å². The Morgan fingerprint density at radius 1 is 1.03 bits per heavy atom. The topological polar surface area (TPSA) is 58.2 Å². The van der Waals surface area contributed by atoms with E-state index in [0.717, 1.165) is 41.8 Å². The van der Waals surface area contributed by atoms with Crippen molar-refractivity contribution in [2.45, 2.75) is 25.4 Å². The first kappa shape index (κ1) is 19.4. The lowest BCUT2D eigenvalue weighted by atomic mass is 9.96. The zero-order chi connectivity index (χ0) is 21.0. The van der Waals surface area contributed by atoms with Crippen molar-refractivity contribution < 1.29 is 9.53 Å². The van der Waals surface area contributed by atoms with Gasteiger partial charge in [-0.3, -0.25) is 4.79 Å². The van der Waals surface area contributed by atoms with Crippen LogP contribution in [-0.4, -0.2) is 33.9 Å². The van der Waals surface area contributed by atoms with Gasteiger partial charge in [-0.15, -0.1) is 0 Å². The summed E-state index contributed by atoms with van der Waals surface area (Å²) in [7, 11) is 0. The molecule has 5 rings (SSSR count). The summed E-state index contributed by atoms with van der Waals surface area (Å²) in [5.74, 6) is 1.95. The molecule has 5 nitrogen and oxygen atoms in total. The second-order valence-electron chi connectivity index (χ2n) is 8.03. The lowest BCUT2D eigenvalue weighted by Crippen LogP contribution is -2.39. The van der Waals surface area contributed by atoms with Gasteiger partial charge in [0.25, 0.3) is 5.91 Å². The molecule has 0 bridgehead atoms. The number of amides is 1. The fourth-order valence-corrected chi connectivity index (χ4v) is 4.19. The van der Waals surface area contributed by atoms with E-state index in [1.54, 1.807) is 0 Å². The number of imidazole rings is 1. The van der Waals surface area contributed by atoms with Crippen LogP contribution in [-0.2, 0) is 6.61 Å². The van der Waals surface area contributed by atoms with Crippen LogP contribution >= 0.6 is 0 Å². The number of nitrogens with zero attached hydrogens (tertiary/aromatic N) is 2. The van der Waals surface area contributed by atoms with Crippen molar-refractivity contribution in [3.05, 3.63) is 95.8 Å². The number of aromatic nitrogens is 2. The fraction of sp³-hybridized carbons (Fsp3) is 0.231. The Morgan fingerprint density at radius 3 is 2.74 bits per heavy atom. The first-order valence-corrected chi connectivity index (χ1v) is 10.8. The van der Waals surface area contributed by atoms with Crippen LogP contribution in [0.3, 0.4) is 0 Å². The van der Waals surface area contributed by atoms with Crippen molar-refractivity contribution in [2.75, 3.05) is 13.1 Å². The molecule has 1 aliphatic heterocycles. The molecule has 3 aromatic carbocycles. The molecule has 1 amide bonds. The molecule has 4 aromatic rings. The molecule has 156 valence electrons. The second-order valence-corrected chi connectivity index (χ2v) is 8.03. The lowest BCUT2D eigenvalue weighted by molar-refractivity contribution is 0.0704. The predicted octanol–water partition coefficient (Wildman–Crippen LogP) is 5.16. The number of likely N-dealkylation sites (tertiary alicyclic amines) is 1. The van der Waals surface area contributed by atoms with E-state index in [1.165, 1.54) is 0 Å². The minimum Gasteiger partial charge on any atom is -0.489 e. The molecular formula is C26H25N3O2. The highest BCUT2D eigenvalue weighted by Gasteiger charge is 2.27. The Balaban J connectivity index is 1.28. The van der Waals surface area contributed by atoms with Gasteiger partial charge in [-0.1, -0.05) is 48.5 Å². The average molecular weight is 412 g/mol. The van der Waals surface area contributed by atoms with Crippen LogP contribution in [0.15, 0.2) is 78.9 Å². The second kappa shape index (κ2) is 8.64. The summed E-state index contributed by atoms with van der Waals surface area (Å²) in [6, 6.07) is 25.6. The fourth-order valence-electron chi connectivity index (χ4n) is 4.19. The molecule has 0 saturated carbocycles. The number of hydrogen-bond donors (Lipinski definition) is 1. The number of ether oxygens (including phenoxy) is 1. The molecule has 0 aliphatic carbocycles. The number of piperidine rings is 1. The van der Waals surface area contributed by atoms with Crippen molar-refractivity contribution in [3.63, 3.8) is 0 Å². The summed E-state index contributed by atoms with van der Waals surface area (Å²) < 4.78 is 5.91. The zero-order valence-corrected chi connectivity index (χ0v) is 17.3. The number of carbonyl (C=O) groups excluding carboxylic acids is 1. The molecular weight excluding hydrogens is 386 g/mol. The molecule has 1 saturated heterocycles. The van der Waals surface area contributed by atoms with E-state index in [1.807, 2.05) is 83.8 Å². The van der Waals surface area contributed by atoms with Crippen LogP contribution in [0.5, 0.6) is 5.75 Å². The highest BCUT2D eigenvalue weighted by Crippen LogP contribution is 2.28. The number of aromatic amines is 1. The Hall–Kier alpha value is -3.60. The number of benzene rings is 3. The van der Waals surface area contributed by atoms with Crippen molar-refractivity contribution >= 4 is 16.9 Å². The van der Waals surface area contributed by atoms with Gasteiger partial charge in [0.1, 0.15) is 18.2 Å². The molecule has 1 fully saturated rings. The number of rotatable bonds is 5. The zero-order valence-electron chi connectivity index (χ0n) is 17.3. The van der Waals surface area contributed by atoms with Crippen LogP contribution in [0, 0.1) is 0 Å². The normalized spacial score (nSPS) is 16.4. The molecule has 5 heteroatoms. The summed E-state index contributed by atoms with van der Waals surface area (Å²) in [4.78, 5) is 23.4. The van der Waals surface area contributed by atoms with Crippen LogP contribution in [0.2, 0.25) is 0 Å². The summed E-state index contributed by atoms with van der Waals surface area (Å²) in [5.41, 5.74) is 3.79. The summed E-state index contributed by atoms with van der Waals surface area (Å²) >= 11 is 0. The van der Waals surface area contributed by atoms with Crippen molar-refractivity contribution in [3.8, 4) is 5.75 Å². The number of H-pyrrole nitrogens is 1. The van der Waals surface area contributed by atoms with Crippen LogP contribution in [0.25, 0.3) is 11.0 Å². The Bertz CT molecular complexity index is 1150. The smallest absolute Gasteiger partial charge is 0.254 e. The lowest BCUT2D eigenvalue weighted by Gasteiger charge is -2.32. The number of carbonyl (C=O) groups is 1. The van der Waals surface area contributed by atoms with Gasteiger partial charge in [0.2, 0.25) is 0 Å². The van der Waals surface area contributed by atoms with Crippen molar-refractivity contribution in [2.24, 2.45) is 0 Å². The average Bonchev–Trinajstić information content (AvgIpc) is 3.28. The van der Waals surface area contributed by atoms with E-state index in [-0.39, 0.29) is 11.8 Å². The molecule has 0 radical (unpaired) electrons. The minimum atomic E-state index is 0.0472. The largest absolute Gasteiger partial charge is 0.489 e. The highest BCUT2D eigenvalue weighted by molar-refractivity contribution is 5.94. The number of hydrogen-bond acceptors (Lipinski definition) is 3.